The summed E-state index contributed by atoms with van der Waals surface area (Å²) >= 11 is 1.53. The number of hydrogen-bond acceptors (Lipinski definition) is 5. The third-order valence-corrected chi connectivity index (χ3v) is 5.45. The molecule has 1 N–H and O–H groups in total. The van der Waals surface area contributed by atoms with Crippen molar-refractivity contribution in [2.75, 3.05) is 0 Å². The van der Waals surface area contributed by atoms with Gasteiger partial charge in [-0.25, -0.2) is 14.8 Å². The van der Waals surface area contributed by atoms with Gasteiger partial charge in [0.15, 0.2) is 16.3 Å². The Morgan fingerprint density at radius 2 is 1.96 bits per heavy atom. The topological polar surface area (TPSA) is 85.6 Å². The van der Waals surface area contributed by atoms with E-state index in [1.54, 1.807) is 0 Å². The SMILES string of the molecule is CC(C)CCn1c(-c2nc3ccccc3s2)nc2c(=O)n(C)c(=O)[nH]c21. The first kappa shape index (κ1) is 16.7. The molecule has 134 valence electrons. The van der Waals surface area contributed by atoms with Crippen molar-refractivity contribution in [1.82, 2.24) is 24.1 Å². The lowest BCUT2D eigenvalue weighted by Crippen LogP contribution is -2.32. The molecule has 3 heterocycles. The van der Waals surface area contributed by atoms with Crippen LogP contribution in [0.25, 0.3) is 32.2 Å². The van der Waals surface area contributed by atoms with Crippen LogP contribution in [0.4, 0.5) is 0 Å². The minimum absolute atomic E-state index is 0.269. The quantitative estimate of drug-likeness (QED) is 0.599. The molecule has 0 fully saturated rings. The molecule has 4 aromatic rings. The van der Waals surface area contributed by atoms with Gasteiger partial charge in [-0.2, -0.15) is 0 Å². The van der Waals surface area contributed by atoms with Gasteiger partial charge in [-0.1, -0.05) is 26.0 Å². The van der Waals surface area contributed by atoms with Gasteiger partial charge in [0.25, 0.3) is 5.56 Å². The number of hydrogen-bond donors (Lipinski definition) is 1. The summed E-state index contributed by atoms with van der Waals surface area (Å²) in [6, 6.07) is 7.88. The van der Waals surface area contributed by atoms with Gasteiger partial charge in [-0.15, -0.1) is 11.3 Å². The first-order valence-corrected chi connectivity index (χ1v) is 9.33. The molecule has 7 nitrogen and oxygen atoms in total. The summed E-state index contributed by atoms with van der Waals surface area (Å²) in [5.41, 5.74) is 0.799. The van der Waals surface area contributed by atoms with Crippen molar-refractivity contribution in [2.24, 2.45) is 13.0 Å². The van der Waals surface area contributed by atoms with Crippen molar-refractivity contribution in [3.05, 3.63) is 45.1 Å². The molecule has 4 rings (SSSR count). The monoisotopic (exact) mass is 369 g/mol. The zero-order valence-corrected chi connectivity index (χ0v) is 15.6. The van der Waals surface area contributed by atoms with Crippen LogP contribution in [0.15, 0.2) is 33.9 Å². The number of imidazole rings is 1. The van der Waals surface area contributed by atoms with Crippen LogP contribution >= 0.6 is 11.3 Å². The van der Waals surface area contributed by atoms with Crippen LogP contribution in [-0.2, 0) is 13.6 Å². The number of thiazole rings is 1. The van der Waals surface area contributed by atoms with Gasteiger partial charge in [0.1, 0.15) is 5.65 Å². The molecule has 0 saturated carbocycles. The maximum atomic E-state index is 12.5. The summed E-state index contributed by atoms with van der Waals surface area (Å²) in [5.74, 6) is 1.11. The largest absolute Gasteiger partial charge is 0.329 e. The van der Waals surface area contributed by atoms with Crippen LogP contribution in [0.5, 0.6) is 0 Å². The number of aromatic nitrogens is 5. The van der Waals surface area contributed by atoms with E-state index in [0.717, 1.165) is 26.2 Å². The van der Waals surface area contributed by atoms with E-state index in [1.807, 2.05) is 28.8 Å². The van der Waals surface area contributed by atoms with Gasteiger partial charge < -0.3 is 4.57 Å². The number of nitrogens with one attached hydrogen (secondary N) is 1. The molecular formula is C18H19N5O2S. The number of nitrogens with zero attached hydrogens (tertiary/aromatic N) is 4. The van der Waals surface area contributed by atoms with Gasteiger partial charge in [0, 0.05) is 13.6 Å². The Morgan fingerprint density at radius 1 is 1.19 bits per heavy atom. The van der Waals surface area contributed by atoms with Crippen molar-refractivity contribution < 1.29 is 0 Å². The normalized spacial score (nSPS) is 11.8. The minimum Gasteiger partial charge on any atom is -0.308 e. The summed E-state index contributed by atoms with van der Waals surface area (Å²) in [6.07, 6.45) is 0.903. The highest BCUT2D eigenvalue weighted by molar-refractivity contribution is 7.21. The molecule has 8 heteroatoms. The molecule has 0 atom stereocenters. The molecule has 0 aliphatic rings. The van der Waals surface area contributed by atoms with Crippen LogP contribution in [0, 0.1) is 5.92 Å². The predicted molar refractivity (Wildman–Crippen MR) is 104 cm³/mol. The highest BCUT2D eigenvalue weighted by atomic mass is 32.1. The highest BCUT2D eigenvalue weighted by Crippen LogP contribution is 2.31. The van der Waals surface area contributed by atoms with Gasteiger partial charge in [0.2, 0.25) is 0 Å². The molecule has 0 aliphatic carbocycles. The van der Waals surface area contributed by atoms with Crippen LogP contribution < -0.4 is 11.2 Å². The maximum absolute atomic E-state index is 12.5. The molecule has 1 aromatic carbocycles. The Hall–Kier alpha value is -2.74. The van der Waals surface area contributed by atoms with Gasteiger partial charge >= 0.3 is 5.69 Å². The molecule has 3 aromatic heterocycles. The fraction of sp³-hybridized carbons (Fsp3) is 0.333. The summed E-state index contributed by atoms with van der Waals surface area (Å²) < 4.78 is 4.02. The van der Waals surface area contributed by atoms with E-state index in [-0.39, 0.29) is 5.52 Å². The lowest BCUT2D eigenvalue weighted by molar-refractivity contribution is 0.523. The van der Waals surface area contributed by atoms with Crippen LogP contribution in [0.1, 0.15) is 20.3 Å². The number of aryl methyl sites for hydroxylation is 1. The lowest BCUT2D eigenvalue weighted by Gasteiger charge is -2.09. The summed E-state index contributed by atoms with van der Waals surface area (Å²) in [4.78, 5) is 36.6. The second-order valence-corrected chi connectivity index (χ2v) is 7.78. The third kappa shape index (κ3) is 2.66. The first-order valence-electron chi connectivity index (χ1n) is 8.51. The maximum Gasteiger partial charge on any atom is 0.329 e. The van der Waals surface area contributed by atoms with Crippen LogP contribution in [0.2, 0.25) is 0 Å². The molecule has 0 spiro atoms. The number of H-pyrrole nitrogens is 1. The van der Waals surface area contributed by atoms with E-state index >= 15 is 0 Å². The molecule has 0 radical (unpaired) electrons. The molecule has 0 amide bonds. The fourth-order valence-electron chi connectivity index (χ4n) is 2.90. The van der Waals surface area contributed by atoms with E-state index in [0.29, 0.717) is 23.9 Å². The molecular weight excluding hydrogens is 350 g/mol. The Labute approximate surface area is 153 Å². The second kappa shape index (κ2) is 6.21. The number of benzene rings is 1. The summed E-state index contributed by atoms with van der Waals surface area (Å²) in [5, 5.41) is 0.744. The molecule has 0 aliphatic heterocycles. The number of rotatable bonds is 4. The lowest BCUT2D eigenvalue weighted by atomic mass is 10.1. The fourth-order valence-corrected chi connectivity index (χ4v) is 3.87. The van der Waals surface area contributed by atoms with Crippen molar-refractivity contribution in [3.8, 4) is 10.8 Å². The van der Waals surface area contributed by atoms with Crippen molar-refractivity contribution in [2.45, 2.75) is 26.8 Å². The predicted octanol–water partition coefficient (Wildman–Crippen LogP) is 2.75. The number of aromatic amines is 1. The molecule has 0 saturated heterocycles. The smallest absolute Gasteiger partial charge is 0.308 e. The van der Waals surface area contributed by atoms with E-state index in [2.05, 4.69) is 28.8 Å². The summed E-state index contributed by atoms with van der Waals surface area (Å²) in [6.45, 7) is 4.93. The average Bonchev–Trinajstić information content (AvgIpc) is 3.19. The second-order valence-electron chi connectivity index (χ2n) is 6.75. The Kier molecular flexibility index (Phi) is 3.99. The minimum atomic E-state index is -0.441. The first-order chi connectivity index (χ1) is 12.5. The van der Waals surface area contributed by atoms with Gasteiger partial charge in [0.05, 0.1) is 10.2 Å². The zero-order chi connectivity index (χ0) is 18.4. The standard InChI is InChI=1S/C18H19N5O2S/c1-10(2)8-9-23-14-13(17(24)22(3)18(25)21-14)20-15(23)16-19-11-6-4-5-7-12(11)26-16/h4-7,10H,8-9H2,1-3H3,(H,21,25). The average molecular weight is 369 g/mol. The Morgan fingerprint density at radius 3 is 2.69 bits per heavy atom. The van der Waals surface area contributed by atoms with E-state index in [4.69, 9.17) is 0 Å². The van der Waals surface area contributed by atoms with Crippen molar-refractivity contribution in [3.63, 3.8) is 0 Å². The van der Waals surface area contributed by atoms with E-state index in [1.165, 1.54) is 18.4 Å². The Bertz CT molecular complexity index is 1200. The molecule has 0 unspecified atom stereocenters. The molecule has 0 bridgehead atoms. The zero-order valence-electron chi connectivity index (χ0n) is 14.8. The highest BCUT2D eigenvalue weighted by Gasteiger charge is 2.20. The van der Waals surface area contributed by atoms with Crippen LogP contribution in [-0.4, -0.2) is 24.1 Å². The summed E-state index contributed by atoms with van der Waals surface area (Å²) in [7, 11) is 1.45. The van der Waals surface area contributed by atoms with Crippen molar-refractivity contribution in [1.29, 1.82) is 0 Å². The third-order valence-electron chi connectivity index (χ3n) is 4.42. The van der Waals surface area contributed by atoms with Crippen LogP contribution in [0.3, 0.4) is 0 Å². The van der Waals surface area contributed by atoms with E-state index in [9.17, 15) is 9.59 Å². The van der Waals surface area contributed by atoms with E-state index < -0.39 is 11.2 Å². The van der Waals surface area contributed by atoms with Gasteiger partial charge in [-0.3, -0.25) is 14.3 Å². The Balaban J connectivity index is 2.00. The number of para-hydroxylation sites is 1. The molecule has 26 heavy (non-hydrogen) atoms. The number of fused-ring (bicyclic) bond motifs is 2. The van der Waals surface area contributed by atoms with Gasteiger partial charge in [-0.05, 0) is 24.5 Å². The van der Waals surface area contributed by atoms with Crippen molar-refractivity contribution >= 4 is 32.7 Å².